The summed E-state index contributed by atoms with van der Waals surface area (Å²) in [5.41, 5.74) is 6.02. The monoisotopic (exact) mass is 524 g/mol. The van der Waals surface area contributed by atoms with E-state index in [1.54, 1.807) is 10.6 Å². The smallest absolute Gasteiger partial charge is 0.185 e. The van der Waals surface area contributed by atoms with Gasteiger partial charge in [-0.15, -0.1) is 0 Å². The quantitative estimate of drug-likeness (QED) is 0.284. The van der Waals surface area contributed by atoms with Gasteiger partial charge in [-0.1, -0.05) is 25.1 Å². The van der Waals surface area contributed by atoms with Crippen LogP contribution in [0.25, 0.3) is 16.6 Å². The van der Waals surface area contributed by atoms with Crippen LogP contribution in [0.1, 0.15) is 46.5 Å². The molecule has 5 heterocycles. The van der Waals surface area contributed by atoms with Crippen LogP contribution in [0.15, 0.2) is 60.9 Å². The first-order valence-corrected chi connectivity index (χ1v) is 13.4. The minimum atomic E-state index is -0.395. The van der Waals surface area contributed by atoms with Crippen molar-refractivity contribution in [2.75, 3.05) is 13.2 Å². The lowest BCUT2D eigenvalue weighted by atomic mass is 10.0. The summed E-state index contributed by atoms with van der Waals surface area (Å²) in [4.78, 5) is 22.6. The van der Waals surface area contributed by atoms with Crippen molar-refractivity contribution < 1.29 is 14.6 Å². The van der Waals surface area contributed by atoms with Crippen LogP contribution in [0.2, 0.25) is 0 Å². The van der Waals surface area contributed by atoms with Gasteiger partial charge in [-0.3, -0.25) is 18.9 Å². The van der Waals surface area contributed by atoms with E-state index in [2.05, 4.69) is 28.3 Å². The molecule has 0 spiro atoms. The Balaban J connectivity index is 1.24. The molecule has 2 atom stereocenters. The normalized spacial score (nSPS) is 17.3. The molecule has 1 saturated heterocycles. The Morgan fingerprint density at radius 3 is 2.87 bits per heavy atom. The van der Waals surface area contributed by atoms with E-state index in [9.17, 15) is 9.90 Å². The number of benzene rings is 1. The number of nitrogens with zero attached hydrogens (tertiary/aromatic N) is 5. The van der Waals surface area contributed by atoms with Crippen LogP contribution < -0.4 is 10.1 Å². The first-order valence-electron chi connectivity index (χ1n) is 13.4. The second-order valence-corrected chi connectivity index (χ2v) is 10.1. The molecule has 0 aliphatic carbocycles. The third-order valence-electron chi connectivity index (χ3n) is 7.39. The predicted octanol–water partition coefficient (Wildman–Crippen LogP) is 3.53. The molecule has 9 nitrogen and oxygen atoms in total. The second-order valence-electron chi connectivity index (χ2n) is 10.1. The van der Waals surface area contributed by atoms with Gasteiger partial charge in [0.05, 0.1) is 41.8 Å². The van der Waals surface area contributed by atoms with Crippen LogP contribution in [0, 0.1) is 6.92 Å². The molecule has 1 fully saturated rings. The molecule has 0 saturated carbocycles. The molecular weight excluding hydrogens is 492 g/mol. The SMILES string of the molecule is CCc1nn(Cc2cccc(C)n2)c2cccc(CC(=O)c3cnc4cc(OC[C@H]5NCC[C@@H]5O)ccn34)c12. The largest absolute Gasteiger partial charge is 0.492 e. The number of aryl methyl sites for hydroxylation is 2. The Morgan fingerprint density at radius 2 is 2.08 bits per heavy atom. The summed E-state index contributed by atoms with van der Waals surface area (Å²) in [6.07, 6.45) is 4.79. The summed E-state index contributed by atoms with van der Waals surface area (Å²) in [5, 5.41) is 19.2. The third kappa shape index (κ3) is 5.03. The maximum Gasteiger partial charge on any atom is 0.185 e. The van der Waals surface area contributed by atoms with E-state index in [-0.39, 0.29) is 18.2 Å². The van der Waals surface area contributed by atoms with Crippen LogP contribution in [-0.4, -0.2) is 60.3 Å². The number of aromatic nitrogens is 5. The molecule has 0 amide bonds. The molecule has 9 heteroatoms. The van der Waals surface area contributed by atoms with E-state index >= 15 is 0 Å². The number of aliphatic hydroxyl groups is 1. The van der Waals surface area contributed by atoms with Crippen LogP contribution in [0.3, 0.4) is 0 Å². The number of nitrogens with one attached hydrogen (secondary N) is 1. The molecule has 0 unspecified atom stereocenters. The summed E-state index contributed by atoms with van der Waals surface area (Å²) in [5.74, 6) is 0.637. The van der Waals surface area contributed by atoms with Crippen molar-refractivity contribution in [2.45, 2.75) is 51.8 Å². The lowest BCUT2D eigenvalue weighted by Crippen LogP contribution is -2.36. The van der Waals surface area contributed by atoms with Crippen molar-refractivity contribution in [1.82, 2.24) is 29.5 Å². The number of aliphatic hydroxyl groups excluding tert-OH is 1. The lowest BCUT2D eigenvalue weighted by molar-refractivity contribution is 0.0987. The van der Waals surface area contributed by atoms with E-state index in [1.165, 1.54) is 0 Å². The van der Waals surface area contributed by atoms with E-state index in [0.717, 1.165) is 52.9 Å². The van der Waals surface area contributed by atoms with Gasteiger partial charge in [0.1, 0.15) is 23.7 Å². The molecule has 0 bridgehead atoms. The molecule has 6 rings (SSSR count). The molecular formula is C30H32N6O3. The van der Waals surface area contributed by atoms with Gasteiger partial charge >= 0.3 is 0 Å². The number of carbonyl (C=O) groups excluding carboxylic acids is 1. The molecule has 1 aromatic carbocycles. The van der Waals surface area contributed by atoms with Gasteiger partial charge < -0.3 is 15.2 Å². The van der Waals surface area contributed by atoms with Crippen molar-refractivity contribution in [3.8, 4) is 5.75 Å². The fourth-order valence-corrected chi connectivity index (χ4v) is 5.37. The Kier molecular flexibility index (Phi) is 6.85. The number of pyridine rings is 2. The lowest BCUT2D eigenvalue weighted by Gasteiger charge is -2.15. The fourth-order valence-electron chi connectivity index (χ4n) is 5.37. The Hall–Kier alpha value is -4.08. The van der Waals surface area contributed by atoms with Gasteiger partial charge in [-0.2, -0.15) is 5.10 Å². The van der Waals surface area contributed by atoms with Gasteiger partial charge in [-0.25, -0.2) is 4.98 Å². The van der Waals surface area contributed by atoms with Crippen molar-refractivity contribution in [2.24, 2.45) is 0 Å². The molecule has 4 aromatic heterocycles. The molecule has 200 valence electrons. The zero-order valence-electron chi connectivity index (χ0n) is 22.2. The number of carbonyl (C=O) groups is 1. The third-order valence-corrected chi connectivity index (χ3v) is 7.39. The fraction of sp³-hybridized carbons (Fsp3) is 0.333. The average Bonchev–Trinajstić information content (AvgIpc) is 3.64. The summed E-state index contributed by atoms with van der Waals surface area (Å²) >= 11 is 0. The Morgan fingerprint density at radius 1 is 1.21 bits per heavy atom. The standard InChI is InChI=1S/C30H32N6O3/c1-3-23-30-20(7-5-9-25(30)36(34-23)17-21-8-4-6-19(2)33-21)14-28(38)26-16-32-29-15-22(11-13-35(26)29)39-18-24-27(37)10-12-31-24/h4-9,11,13,15-16,24,27,31,37H,3,10,12,14,17-18H2,1-2H3/t24-,27+/m1/s1. The molecule has 0 radical (unpaired) electrons. The van der Waals surface area contributed by atoms with Crippen molar-refractivity contribution in [3.05, 3.63) is 89.3 Å². The molecule has 39 heavy (non-hydrogen) atoms. The number of hydrogen-bond acceptors (Lipinski definition) is 7. The number of ether oxygens (including phenoxy) is 1. The Labute approximate surface area is 226 Å². The maximum absolute atomic E-state index is 13.5. The number of hydrogen-bond donors (Lipinski definition) is 2. The summed E-state index contributed by atoms with van der Waals surface area (Å²) < 4.78 is 9.67. The number of ketones is 1. The van der Waals surface area contributed by atoms with Crippen LogP contribution in [0.4, 0.5) is 0 Å². The summed E-state index contributed by atoms with van der Waals surface area (Å²) in [6, 6.07) is 15.6. The number of Topliss-reactive ketones (excluding diaryl/α,β-unsaturated/α-hetero) is 1. The average molecular weight is 525 g/mol. The van der Waals surface area contributed by atoms with Crippen molar-refractivity contribution in [3.63, 3.8) is 0 Å². The summed E-state index contributed by atoms with van der Waals surface area (Å²) in [7, 11) is 0. The van der Waals surface area contributed by atoms with E-state index in [0.29, 0.717) is 30.2 Å². The van der Waals surface area contributed by atoms with Gasteiger partial charge in [0.2, 0.25) is 0 Å². The highest BCUT2D eigenvalue weighted by atomic mass is 16.5. The Bertz CT molecular complexity index is 1660. The highest BCUT2D eigenvalue weighted by Gasteiger charge is 2.25. The van der Waals surface area contributed by atoms with Gasteiger partial charge in [-0.05, 0) is 56.1 Å². The minimum Gasteiger partial charge on any atom is -0.492 e. The van der Waals surface area contributed by atoms with Gasteiger partial charge in [0.25, 0.3) is 0 Å². The van der Waals surface area contributed by atoms with Crippen LogP contribution in [-0.2, 0) is 19.4 Å². The molecule has 1 aliphatic heterocycles. The predicted molar refractivity (Wildman–Crippen MR) is 148 cm³/mol. The van der Waals surface area contributed by atoms with Crippen molar-refractivity contribution in [1.29, 1.82) is 0 Å². The zero-order valence-corrected chi connectivity index (χ0v) is 22.2. The first kappa shape index (κ1) is 25.2. The zero-order chi connectivity index (χ0) is 26.9. The van der Waals surface area contributed by atoms with Gasteiger partial charge in [0, 0.05) is 29.8 Å². The minimum absolute atomic E-state index is 0.0166. The van der Waals surface area contributed by atoms with Crippen molar-refractivity contribution >= 4 is 22.3 Å². The van der Waals surface area contributed by atoms with Crippen LogP contribution >= 0.6 is 0 Å². The molecule has 1 aliphatic rings. The number of imidazole rings is 1. The van der Waals surface area contributed by atoms with Crippen LogP contribution in [0.5, 0.6) is 5.75 Å². The van der Waals surface area contributed by atoms with Gasteiger partial charge in [0.15, 0.2) is 5.78 Å². The number of rotatable bonds is 9. The highest BCUT2D eigenvalue weighted by Crippen LogP contribution is 2.26. The maximum atomic E-state index is 13.5. The topological polar surface area (TPSA) is 107 Å². The first-order chi connectivity index (χ1) is 19.0. The van der Waals surface area contributed by atoms with E-state index in [1.807, 2.05) is 60.3 Å². The summed E-state index contributed by atoms with van der Waals surface area (Å²) in [6.45, 7) is 5.81. The van der Waals surface area contributed by atoms with E-state index < -0.39 is 6.10 Å². The van der Waals surface area contributed by atoms with E-state index in [4.69, 9.17) is 9.84 Å². The highest BCUT2D eigenvalue weighted by molar-refractivity contribution is 5.99. The molecule has 5 aromatic rings. The second kappa shape index (κ2) is 10.6. The molecule has 2 N–H and O–H groups in total. The number of fused-ring (bicyclic) bond motifs is 2.